The average Bonchev–Trinajstić information content (AvgIpc) is 3.23. The quantitative estimate of drug-likeness (QED) is 0.236. The molecule has 0 spiro atoms. The number of rotatable bonds is 8. The van der Waals surface area contributed by atoms with Gasteiger partial charge in [-0.2, -0.15) is 0 Å². The van der Waals surface area contributed by atoms with E-state index in [2.05, 4.69) is 12.2 Å². The number of benzene rings is 3. The lowest BCUT2D eigenvalue weighted by molar-refractivity contribution is -0.103. The summed E-state index contributed by atoms with van der Waals surface area (Å²) < 4.78 is 35.0. The molecule has 3 aromatic carbocycles. The van der Waals surface area contributed by atoms with Crippen LogP contribution in [0.4, 0.5) is 8.78 Å². The lowest BCUT2D eigenvalue weighted by Gasteiger charge is -2.62. The highest BCUT2D eigenvalue weighted by molar-refractivity contribution is 6.12. The second-order valence-electron chi connectivity index (χ2n) is 11.4. The van der Waals surface area contributed by atoms with E-state index in [-0.39, 0.29) is 28.5 Å². The van der Waals surface area contributed by atoms with Gasteiger partial charge >= 0.3 is 0 Å². The van der Waals surface area contributed by atoms with Crippen molar-refractivity contribution in [3.63, 3.8) is 0 Å². The third-order valence-corrected chi connectivity index (χ3v) is 8.60. The molecule has 0 aliphatic heterocycles. The summed E-state index contributed by atoms with van der Waals surface area (Å²) in [7, 11) is 1.55. The van der Waals surface area contributed by atoms with Crippen molar-refractivity contribution in [2.45, 2.75) is 52.4 Å². The van der Waals surface area contributed by atoms with E-state index in [1.54, 1.807) is 25.2 Å². The molecule has 0 unspecified atom stereocenters. The number of carbonyl (C=O) groups is 2. The molecule has 4 nitrogen and oxygen atoms in total. The van der Waals surface area contributed by atoms with E-state index in [1.807, 2.05) is 19.1 Å². The number of aryl methyl sites for hydroxylation is 2. The lowest BCUT2D eigenvalue weighted by Crippen LogP contribution is -2.52. The maximum atomic E-state index is 15.1. The maximum Gasteiger partial charge on any atom is 0.255 e. The van der Waals surface area contributed by atoms with Crippen molar-refractivity contribution in [1.82, 2.24) is 5.32 Å². The van der Waals surface area contributed by atoms with Gasteiger partial charge in [0.15, 0.2) is 5.78 Å². The minimum absolute atomic E-state index is 0.0848. The molecule has 3 aliphatic rings. The number of halogens is 2. The summed E-state index contributed by atoms with van der Waals surface area (Å²) in [6.45, 7) is 3.92. The molecular formula is C33H31F2NO3. The van der Waals surface area contributed by atoms with Crippen LogP contribution < -0.4 is 5.32 Å². The second kappa shape index (κ2) is 9.44. The van der Waals surface area contributed by atoms with Crippen molar-refractivity contribution in [1.29, 1.82) is 0 Å². The molecule has 4 aromatic rings. The fourth-order valence-corrected chi connectivity index (χ4v) is 6.55. The molecule has 0 atom stereocenters. The Labute approximate surface area is 226 Å². The Kier molecular flexibility index (Phi) is 6.17. The summed E-state index contributed by atoms with van der Waals surface area (Å²) in [6.07, 6.45) is 5.23. The fraction of sp³-hybridized carbons (Fsp3) is 0.333. The van der Waals surface area contributed by atoms with E-state index < -0.39 is 5.82 Å². The molecule has 1 amide bonds. The number of carbonyl (C=O) groups excluding carboxylic acids is 2. The third-order valence-electron chi connectivity index (χ3n) is 8.60. The first kappa shape index (κ1) is 25.5. The Morgan fingerprint density at radius 1 is 1.03 bits per heavy atom. The normalized spacial score (nSPS) is 19.5. The number of hydrogen-bond acceptors (Lipinski definition) is 3. The van der Waals surface area contributed by atoms with Gasteiger partial charge in [-0.15, -0.1) is 0 Å². The van der Waals surface area contributed by atoms with Crippen molar-refractivity contribution in [3.05, 3.63) is 82.4 Å². The van der Waals surface area contributed by atoms with Crippen LogP contribution in [0.5, 0.6) is 0 Å². The molecule has 6 heteroatoms. The summed E-state index contributed by atoms with van der Waals surface area (Å²) >= 11 is 0. The van der Waals surface area contributed by atoms with Gasteiger partial charge in [-0.1, -0.05) is 13.3 Å². The zero-order valence-electron chi connectivity index (χ0n) is 22.4. The number of furan rings is 1. The van der Waals surface area contributed by atoms with Crippen LogP contribution in [0.15, 0.2) is 52.9 Å². The number of amides is 1. The van der Waals surface area contributed by atoms with Crippen molar-refractivity contribution in [2.24, 2.45) is 11.3 Å². The molecule has 39 heavy (non-hydrogen) atoms. The molecule has 2 bridgehead atoms. The van der Waals surface area contributed by atoms with Crippen LogP contribution in [0.2, 0.25) is 0 Å². The molecular weight excluding hydrogens is 496 g/mol. The van der Waals surface area contributed by atoms with Crippen LogP contribution in [0.25, 0.3) is 33.4 Å². The second-order valence-corrected chi connectivity index (χ2v) is 11.4. The van der Waals surface area contributed by atoms with Crippen LogP contribution in [0.3, 0.4) is 0 Å². The lowest BCUT2D eigenvalue weighted by atomic mass is 9.43. The van der Waals surface area contributed by atoms with E-state index in [4.69, 9.17) is 4.42 Å². The summed E-state index contributed by atoms with van der Waals surface area (Å²) in [5.41, 5.74) is 5.02. The van der Waals surface area contributed by atoms with Crippen molar-refractivity contribution in [3.8, 4) is 22.5 Å². The molecule has 7 rings (SSSR count). The minimum atomic E-state index is -0.487. The number of fused-ring (bicyclic) bond motifs is 1. The first-order valence-electron chi connectivity index (χ1n) is 13.6. The van der Waals surface area contributed by atoms with Gasteiger partial charge in [-0.05, 0) is 115 Å². The van der Waals surface area contributed by atoms with Crippen molar-refractivity contribution >= 4 is 22.7 Å². The van der Waals surface area contributed by atoms with Gasteiger partial charge < -0.3 is 9.73 Å². The van der Waals surface area contributed by atoms with Gasteiger partial charge in [0, 0.05) is 24.4 Å². The van der Waals surface area contributed by atoms with Crippen LogP contribution in [0.1, 0.15) is 70.9 Å². The predicted molar refractivity (Wildman–Crippen MR) is 148 cm³/mol. The van der Waals surface area contributed by atoms with E-state index in [0.29, 0.717) is 34.3 Å². The van der Waals surface area contributed by atoms with Crippen molar-refractivity contribution < 1.29 is 22.8 Å². The third kappa shape index (κ3) is 4.26. The monoisotopic (exact) mass is 527 g/mol. The summed E-state index contributed by atoms with van der Waals surface area (Å²) in [6, 6.07) is 12.8. The smallest absolute Gasteiger partial charge is 0.255 e. The number of nitrogens with one attached hydrogen (secondary N) is 1. The van der Waals surface area contributed by atoms with Gasteiger partial charge in [0.2, 0.25) is 0 Å². The van der Waals surface area contributed by atoms with Crippen molar-refractivity contribution in [2.75, 3.05) is 7.05 Å². The van der Waals surface area contributed by atoms with Gasteiger partial charge in [0.05, 0.1) is 11.1 Å². The molecule has 200 valence electrons. The van der Waals surface area contributed by atoms with Gasteiger partial charge in [0.1, 0.15) is 23.0 Å². The Bertz CT molecular complexity index is 1620. The standard InChI is InChI=1S/C33H31F2NO3/c1-4-5-21-11-29-26(30(32(38)36-3)31(39-29)20-6-8-22(34)9-7-20)13-24(21)23-12-25(27(35)10-18(23)2)28(37)17-33-14-19(15-33)16-33/h6-13,19H,4-5,14-17H2,1-3H3,(H,36,38). The Morgan fingerprint density at radius 2 is 1.74 bits per heavy atom. The Hall–Kier alpha value is -3.80. The SMILES string of the molecule is CCCc1cc2oc(-c3ccc(F)cc3)c(C(=O)NC)c2cc1-c1cc(C(=O)CC23CC(C2)C3)c(F)cc1C. The Balaban J connectivity index is 1.52. The van der Waals surface area contributed by atoms with E-state index >= 15 is 4.39 Å². The molecule has 3 fully saturated rings. The zero-order valence-corrected chi connectivity index (χ0v) is 22.4. The number of hydrogen-bond donors (Lipinski definition) is 1. The predicted octanol–water partition coefficient (Wildman–Crippen LogP) is 8.04. The summed E-state index contributed by atoms with van der Waals surface area (Å²) in [5, 5.41) is 3.30. The van der Waals surface area contributed by atoms with Gasteiger partial charge in [-0.25, -0.2) is 8.78 Å². The average molecular weight is 528 g/mol. The first-order valence-corrected chi connectivity index (χ1v) is 13.6. The van der Waals surface area contributed by atoms with Gasteiger partial charge in [-0.3, -0.25) is 9.59 Å². The molecule has 0 saturated heterocycles. The van der Waals surface area contributed by atoms with E-state index in [0.717, 1.165) is 60.3 Å². The molecule has 1 N–H and O–H groups in total. The van der Waals surface area contributed by atoms with Crippen LogP contribution in [0, 0.1) is 29.9 Å². The van der Waals surface area contributed by atoms with E-state index in [1.165, 1.54) is 18.2 Å². The molecule has 1 aromatic heterocycles. The number of ketones is 1. The fourth-order valence-electron chi connectivity index (χ4n) is 6.55. The zero-order chi connectivity index (χ0) is 27.5. The summed E-state index contributed by atoms with van der Waals surface area (Å²) in [4.78, 5) is 26.3. The highest BCUT2D eigenvalue weighted by Gasteiger charge is 2.57. The topological polar surface area (TPSA) is 59.3 Å². The van der Waals surface area contributed by atoms with Crippen LogP contribution in [-0.4, -0.2) is 18.7 Å². The first-order chi connectivity index (χ1) is 18.7. The largest absolute Gasteiger partial charge is 0.455 e. The highest BCUT2D eigenvalue weighted by atomic mass is 19.1. The molecule has 3 aliphatic carbocycles. The van der Waals surface area contributed by atoms with Crippen LogP contribution in [-0.2, 0) is 6.42 Å². The van der Waals surface area contributed by atoms with E-state index in [9.17, 15) is 14.0 Å². The van der Waals surface area contributed by atoms with Crippen LogP contribution >= 0.6 is 0 Å². The molecule has 3 saturated carbocycles. The summed E-state index contributed by atoms with van der Waals surface area (Å²) in [5.74, 6) is -0.225. The number of Topliss-reactive ketones (excluding diaryl/α,β-unsaturated/α-hetero) is 1. The van der Waals surface area contributed by atoms with Gasteiger partial charge in [0.25, 0.3) is 5.91 Å². The highest BCUT2D eigenvalue weighted by Crippen LogP contribution is 2.66. The molecule has 1 heterocycles. The maximum absolute atomic E-state index is 15.1. The minimum Gasteiger partial charge on any atom is -0.455 e. The molecule has 0 radical (unpaired) electrons. The Morgan fingerprint density at radius 3 is 2.36 bits per heavy atom.